The molecule has 0 aliphatic rings. The maximum atomic E-state index is 13.1. The molecule has 3 amide bonds. The van der Waals surface area contributed by atoms with E-state index in [1.54, 1.807) is 62.6 Å². The largest absolute Gasteiger partial charge is 0.506 e. The number of nitrogens with zero attached hydrogens (tertiary/aromatic N) is 1. The lowest BCUT2D eigenvalue weighted by Gasteiger charge is -2.19. The molecule has 0 radical (unpaired) electrons. The Balaban J connectivity index is 1.56. The van der Waals surface area contributed by atoms with Gasteiger partial charge in [-0.05, 0) is 80.9 Å². The Morgan fingerprint density at radius 2 is 1.52 bits per heavy atom. The van der Waals surface area contributed by atoms with Crippen LogP contribution < -0.4 is 30.2 Å². The number of carbonyl (C=O) groups is 2. The van der Waals surface area contributed by atoms with Crippen LogP contribution in [-0.2, 0) is 4.79 Å². The van der Waals surface area contributed by atoms with Crippen molar-refractivity contribution in [3.05, 3.63) is 95.6 Å². The lowest BCUT2D eigenvalue weighted by molar-refractivity contribution is -0.122. The first-order chi connectivity index (χ1) is 20.1. The molecule has 0 heterocycles. The normalized spacial score (nSPS) is 11.0. The van der Waals surface area contributed by atoms with E-state index >= 15 is 0 Å². The average molecular weight is 567 g/mol. The van der Waals surface area contributed by atoms with Crippen LogP contribution in [0, 0.1) is 25.2 Å². The molecule has 0 aliphatic carbocycles. The van der Waals surface area contributed by atoms with Crippen molar-refractivity contribution < 1.29 is 28.9 Å². The van der Waals surface area contributed by atoms with Crippen LogP contribution in [0.4, 0.5) is 21.9 Å². The van der Waals surface area contributed by atoms with E-state index in [0.717, 1.165) is 11.1 Å². The van der Waals surface area contributed by atoms with Gasteiger partial charge in [0.1, 0.15) is 23.0 Å². The van der Waals surface area contributed by atoms with Crippen LogP contribution in [0.2, 0.25) is 0 Å². The van der Waals surface area contributed by atoms with Crippen LogP contribution in [0.15, 0.2) is 78.9 Å². The van der Waals surface area contributed by atoms with Crippen molar-refractivity contribution in [3.63, 3.8) is 0 Å². The predicted octanol–water partition coefficient (Wildman–Crippen LogP) is 6.73. The number of nitrogens with one attached hydrogen (secondary N) is 3. The van der Waals surface area contributed by atoms with Gasteiger partial charge in [-0.15, -0.1) is 0 Å². The molecule has 10 heteroatoms. The Hall–Kier alpha value is -5.69. The zero-order valence-corrected chi connectivity index (χ0v) is 23.5. The van der Waals surface area contributed by atoms with Crippen molar-refractivity contribution in [1.82, 2.24) is 0 Å². The molecule has 0 saturated carbocycles. The van der Waals surface area contributed by atoms with Gasteiger partial charge in [0, 0.05) is 17.8 Å². The smallest absolute Gasteiger partial charge is 0.323 e. The molecule has 0 saturated heterocycles. The predicted molar refractivity (Wildman–Crippen MR) is 160 cm³/mol. The fourth-order valence-corrected chi connectivity index (χ4v) is 3.94. The fourth-order valence-electron chi connectivity index (χ4n) is 3.94. The quantitative estimate of drug-likeness (QED) is 0.165. The summed E-state index contributed by atoms with van der Waals surface area (Å²) in [4.78, 5) is 25.8. The Labute approximate surface area is 243 Å². The van der Waals surface area contributed by atoms with Crippen molar-refractivity contribution in [3.8, 4) is 34.8 Å². The van der Waals surface area contributed by atoms with Gasteiger partial charge in [-0.1, -0.05) is 17.7 Å². The minimum absolute atomic E-state index is 0.0298. The van der Waals surface area contributed by atoms with Gasteiger partial charge in [-0.2, -0.15) is 5.26 Å². The summed E-state index contributed by atoms with van der Waals surface area (Å²) in [5.74, 6) is 0.983. The Bertz CT molecular complexity index is 1630. The van der Waals surface area contributed by atoms with Crippen LogP contribution in [0.3, 0.4) is 0 Å². The van der Waals surface area contributed by atoms with Crippen LogP contribution >= 0.6 is 0 Å². The summed E-state index contributed by atoms with van der Waals surface area (Å²) in [5, 5.41) is 27.7. The number of aromatic hydroxyl groups is 1. The molecule has 0 aromatic heterocycles. The first-order valence-electron chi connectivity index (χ1n) is 13.0. The molecule has 1 unspecified atom stereocenters. The highest BCUT2D eigenvalue weighted by molar-refractivity contribution is 6.02. The number of amides is 3. The third-order valence-corrected chi connectivity index (χ3v) is 6.17. The molecular formula is C32H30N4O6. The summed E-state index contributed by atoms with van der Waals surface area (Å²) in [5.41, 5.74) is 3.05. The standard InChI is InChI=1S/C32H30N4O6/c1-19-5-14-29(20(2)15-19)41-21(3)31(38)35-27-16-28(37)26(17-30(27)42-25-12-10-24(40-4)11-13-25)36-32(39)34-23-8-6-22(18-33)7-9-23/h5-17,21,37H,1-4H3,(H,35,38)(H2,34,36,39). The number of ether oxygens (including phenoxy) is 3. The zero-order chi connectivity index (χ0) is 30.2. The number of aryl methyl sites for hydroxylation is 2. The minimum Gasteiger partial charge on any atom is -0.506 e. The number of urea groups is 1. The molecule has 1 atom stereocenters. The van der Waals surface area contributed by atoms with Gasteiger partial charge in [0.15, 0.2) is 11.9 Å². The number of phenolic OH excluding ortho intramolecular Hbond substituents is 1. The van der Waals surface area contributed by atoms with Crippen molar-refractivity contribution >= 4 is 29.0 Å². The SMILES string of the molecule is COc1ccc(Oc2cc(NC(=O)Nc3ccc(C#N)cc3)c(O)cc2NC(=O)C(C)Oc2ccc(C)cc2C)cc1. The van der Waals surface area contributed by atoms with Crippen LogP contribution in [-0.4, -0.2) is 30.3 Å². The third kappa shape index (κ3) is 7.49. The summed E-state index contributed by atoms with van der Waals surface area (Å²) in [6.45, 7) is 5.48. The molecule has 0 aliphatic heterocycles. The number of hydrogen-bond acceptors (Lipinski definition) is 7. The van der Waals surface area contributed by atoms with E-state index in [2.05, 4.69) is 16.0 Å². The van der Waals surface area contributed by atoms with Gasteiger partial charge in [-0.3, -0.25) is 4.79 Å². The van der Waals surface area contributed by atoms with E-state index < -0.39 is 18.0 Å². The number of hydrogen-bond donors (Lipinski definition) is 4. The maximum Gasteiger partial charge on any atom is 0.323 e. The van der Waals surface area contributed by atoms with Gasteiger partial charge in [0.2, 0.25) is 0 Å². The molecule has 4 aromatic rings. The molecule has 0 fully saturated rings. The fraction of sp³-hybridized carbons (Fsp3) is 0.156. The number of phenols is 1. The molecule has 214 valence electrons. The van der Waals surface area contributed by atoms with Crippen LogP contribution in [0.1, 0.15) is 23.6 Å². The molecular weight excluding hydrogens is 536 g/mol. The van der Waals surface area contributed by atoms with E-state index in [1.165, 1.54) is 12.1 Å². The highest BCUT2D eigenvalue weighted by atomic mass is 16.5. The molecule has 4 aromatic carbocycles. The average Bonchev–Trinajstić information content (AvgIpc) is 2.97. The second-order valence-corrected chi connectivity index (χ2v) is 9.43. The van der Waals surface area contributed by atoms with E-state index in [-0.39, 0.29) is 22.9 Å². The number of anilines is 3. The summed E-state index contributed by atoms with van der Waals surface area (Å²) in [7, 11) is 1.55. The Kier molecular flexibility index (Phi) is 9.14. The summed E-state index contributed by atoms with van der Waals surface area (Å²) in [6, 6.07) is 22.8. The minimum atomic E-state index is -0.876. The second-order valence-electron chi connectivity index (χ2n) is 9.43. The number of benzene rings is 4. The Morgan fingerprint density at radius 1 is 0.833 bits per heavy atom. The summed E-state index contributed by atoms with van der Waals surface area (Å²) < 4.78 is 17.1. The van der Waals surface area contributed by atoms with E-state index in [0.29, 0.717) is 28.5 Å². The summed E-state index contributed by atoms with van der Waals surface area (Å²) >= 11 is 0. The van der Waals surface area contributed by atoms with E-state index in [1.807, 2.05) is 38.1 Å². The third-order valence-electron chi connectivity index (χ3n) is 6.17. The van der Waals surface area contributed by atoms with Crippen molar-refractivity contribution in [2.45, 2.75) is 26.9 Å². The highest BCUT2D eigenvalue weighted by Gasteiger charge is 2.21. The van der Waals surface area contributed by atoms with Gasteiger partial charge >= 0.3 is 6.03 Å². The first-order valence-corrected chi connectivity index (χ1v) is 13.0. The Morgan fingerprint density at radius 3 is 2.17 bits per heavy atom. The lowest BCUT2D eigenvalue weighted by Crippen LogP contribution is -2.30. The monoisotopic (exact) mass is 566 g/mol. The molecule has 0 bridgehead atoms. The highest BCUT2D eigenvalue weighted by Crippen LogP contribution is 2.39. The van der Waals surface area contributed by atoms with Gasteiger partial charge < -0.3 is 35.3 Å². The van der Waals surface area contributed by atoms with Crippen LogP contribution in [0.25, 0.3) is 0 Å². The lowest BCUT2D eigenvalue weighted by atomic mass is 10.1. The van der Waals surface area contributed by atoms with E-state index in [9.17, 15) is 14.7 Å². The number of nitriles is 1. The van der Waals surface area contributed by atoms with Crippen molar-refractivity contribution in [1.29, 1.82) is 5.26 Å². The second kappa shape index (κ2) is 13.1. The zero-order valence-electron chi connectivity index (χ0n) is 23.5. The molecule has 4 N–H and O–H groups in total. The van der Waals surface area contributed by atoms with Crippen molar-refractivity contribution in [2.24, 2.45) is 0 Å². The molecule has 10 nitrogen and oxygen atoms in total. The number of carbonyl (C=O) groups excluding carboxylic acids is 2. The van der Waals surface area contributed by atoms with Crippen LogP contribution in [0.5, 0.6) is 28.7 Å². The van der Waals surface area contributed by atoms with Gasteiger partial charge in [0.05, 0.1) is 30.1 Å². The van der Waals surface area contributed by atoms with E-state index in [4.69, 9.17) is 19.5 Å². The molecule has 42 heavy (non-hydrogen) atoms. The van der Waals surface area contributed by atoms with Gasteiger partial charge in [-0.25, -0.2) is 4.79 Å². The number of rotatable bonds is 9. The molecule has 4 rings (SSSR count). The van der Waals surface area contributed by atoms with Crippen molar-refractivity contribution in [2.75, 3.05) is 23.1 Å². The topological polar surface area (TPSA) is 142 Å². The molecule has 0 spiro atoms. The first kappa shape index (κ1) is 29.3. The number of methoxy groups -OCH3 is 1. The van der Waals surface area contributed by atoms with Gasteiger partial charge in [0.25, 0.3) is 5.91 Å². The summed E-state index contributed by atoms with van der Waals surface area (Å²) in [6.07, 6.45) is -0.876. The maximum absolute atomic E-state index is 13.1.